The number of hydrogen-bond donors (Lipinski definition) is 1. The highest BCUT2D eigenvalue weighted by atomic mass is 79.9. The molecule has 2 heterocycles. The van der Waals surface area contributed by atoms with E-state index in [9.17, 15) is 9.18 Å². The summed E-state index contributed by atoms with van der Waals surface area (Å²) in [6, 6.07) is 9.35. The van der Waals surface area contributed by atoms with Gasteiger partial charge in [0.05, 0.1) is 5.71 Å². The molecule has 0 saturated carbocycles. The first-order valence-corrected chi connectivity index (χ1v) is 7.32. The number of nitrogens with zero attached hydrogens (tertiary/aromatic N) is 2. The molecule has 0 bridgehead atoms. The minimum absolute atomic E-state index is 0.320. The summed E-state index contributed by atoms with van der Waals surface area (Å²) in [5.41, 5.74) is 1.35. The molecule has 0 radical (unpaired) electrons. The van der Waals surface area contributed by atoms with E-state index in [4.69, 9.17) is 4.84 Å². The van der Waals surface area contributed by atoms with Crippen LogP contribution >= 0.6 is 15.9 Å². The van der Waals surface area contributed by atoms with Crippen LogP contribution in [0.5, 0.6) is 0 Å². The summed E-state index contributed by atoms with van der Waals surface area (Å²) in [7, 11) is 0. The second-order valence-electron chi connectivity index (χ2n) is 4.69. The number of hydrogen-bond acceptors (Lipinski definition) is 4. The van der Waals surface area contributed by atoms with E-state index < -0.39 is 6.10 Å². The van der Waals surface area contributed by atoms with Crippen molar-refractivity contribution < 1.29 is 14.0 Å². The highest BCUT2D eigenvalue weighted by Gasteiger charge is 2.29. The average molecular weight is 364 g/mol. The van der Waals surface area contributed by atoms with Crippen molar-refractivity contribution in [2.75, 3.05) is 5.32 Å². The Morgan fingerprint density at radius 2 is 2.05 bits per heavy atom. The lowest BCUT2D eigenvalue weighted by atomic mass is 10.0. The van der Waals surface area contributed by atoms with Crippen molar-refractivity contribution in [2.24, 2.45) is 5.16 Å². The van der Waals surface area contributed by atoms with Crippen molar-refractivity contribution in [3.63, 3.8) is 0 Å². The van der Waals surface area contributed by atoms with E-state index in [2.05, 4.69) is 31.4 Å². The molecule has 5 nitrogen and oxygen atoms in total. The Balaban J connectivity index is 1.62. The molecule has 1 aliphatic rings. The van der Waals surface area contributed by atoms with Gasteiger partial charge in [0.2, 0.25) is 6.10 Å². The van der Waals surface area contributed by atoms with Gasteiger partial charge in [-0.3, -0.25) is 4.79 Å². The van der Waals surface area contributed by atoms with Gasteiger partial charge in [0, 0.05) is 17.1 Å². The SMILES string of the molecule is O=C(Nc1ccc(Br)cn1)C1CC(c2ccc(F)cc2)=NO1. The van der Waals surface area contributed by atoms with Crippen LogP contribution < -0.4 is 5.32 Å². The summed E-state index contributed by atoms with van der Waals surface area (Å²) < 4.78 is 13.7. The number of nitrogens with one attached hydrogen (secondary N) is 1. The number of halogens is 2. The molecule has 112 valence electrons. The lowest BCUT2D eigenvalue weighted by Gasteiger charge is -2.08. The quantitative estimate of drug-likeness (QED) is 0.910. The van der Waals surface area contributed by atoms with Crippen molar-refractivity contribution in [1.29, 1.82) is 0 Å². The fourth-order valence-corrected chi connectivity index (χ4v) is 2.22. The summed E-state index contributed by atoms with van der Waals surface area (Å²) in [6.07, 6.45) is 1.20. The number of amides is 1. The number of oxime groups is 1. The topological polar surface area (TPSA) is 63.6 Å². The molecule has 7 heteroatoms. The van der Waals surface area contributed by atoms with Crippen molar-refractivity contribution in [3.05, 3.63) is 58.4 Å². The van der Waals surface area contributed by atoms with E-state index in [-0.39, 0.29) is 11.7 Å². The van der Waals surface area contributed by atoms with Crippen LogP contribution in [0.25, 0.3) is 0 Å². The molecule has 1 aliphatic heterocycles. The maximum atomic E-state index is 12.9. The van der Waals surface area contributed by atoms with Gasteiger partial charge in [0.1, 0.15) is 11.6 Å². The highest BCUT2D eigenvalue weighted by Crippen LogP contribution is 2.19. The molecule has 0 spiro atoms. The third-order valence-electron chi connectivity index (χ3n) is 3.12. The lowest BCUT2D eigenvalue weighted by molar-refractivity contribution is -0.125. The summed E-state index contributed by atoms with van der Waals surface area (Å²) >= 11 is 3.27. The average Bonchev–Trinajstić information content (AvgIpc) is 3.00. The van der Waals surface area contributed by atoms with E-state index in [1.165, 1.54) is 12.1 Å². The maximum absolute atomic E-state index is 12.9. The second-order valence-corrected chi connectivity index (χ2v) is 5.61. The zero-order chi connectivity index (χ0) is 15.5. The van der Waals surface area contributed by atoms with Gasteiger partial charge in [0.25, 0.3) is 5.91 Å². The van der Waals surface area contributed by atoms with E-state index in [1.807, 2.05) is 0 Å². The predicted octanol–water partition coefficient (Wildman–Crippen LogP) is 3.11. The molecule has 3 rings (SSSR count). The number of anilines is 1. The number of rotatable bonds is 3. The van der Waals surface area contributed by atoms with Crippen molar-refractivity contribution in [2.45, 2.75) is 12.5 Å². The van der Waals surface area contributed by atoms with Gasteiger partial charge in [-0.2, -0.15) is 0 Å². The molecule has 0 saturated heterocycles. The van der Waals surface area contributed by atoms with E-state index >= 15 is 0 Å². The number of carbonyl (C=O) groups is 1. The van der Waals surface area contributed by atoms with Crippen molar-refractivity contribution >= 4 is 33.4 Å². The molecule has 1 atom stereocenters. The van der Waals surface area contributed by atoms with E-state index in [0.29, 0.717) is 18.0 Å². The summed E-state index contributed by atoms with van der Waals surface area (Å²) in [5, 5.41) is 6.56. The normalized spacial score (nSPS) is 16.8. The van der Waals surface area contributed by atoms with Gasteiger partial charge < -0.3 is 10.2 Å². The molecule has 0 aliphatic carbocycles. The maximum Gasteiger partial charge on any atom is 0.269 e. The Hall–Kier alpha value is -2.28. The van der Waals surface area contributed by atoms with Crippen LogP contribution in [0.4, 0.5) is 10.2 Å². The van der Waals surface area contributed by atoms with Crippen LogP contribution in [0.3, 0.4) is 0 Å². The number of carbonyl (C=O) groups excluding carboxylic acids is 1. The predicted molar refractivity (Wildman–Crippen MR) is 83.0 cm³/mol. The van der Waals surface area contributed by atoms with Crippen LogP contribution in [0.2, 0.25) is 0 Å². The highest BCUT2D eigenvalue weighted by molar-refractivity contribution is 9.10. The monoisotopic (exact) mass is 363 g/mol. The fraction of sp³-hybridized carbons (Fsp3) is 0.133. The van der Waals surface area contributed by atoms with Crippen LogP contribution in [-0.2, 0) is 9.63 Å². The Morgan fingerprint density at radius 3 is 2.73 bits per heavy atom. The molecule has 1 aromatic heterocycles. The Labute approximate surface area is 134 Å². The minimum Gasteiger partial charge on any atom is -0.382 e. The zero-order valence-corrected chi connectivity index (χ0v) is 12.9. The van der Waals surface area contributed by atoms with Gasteiger partial charge in [-0.25, -0.2) is 9.37 Å². The van der Waals surface area contributed by atoms with Crippen LogP contribution in [-0.4, -0.2) is 22.7 Å². The Bertz CT molecular complexity index is 717. The summed E-state index contributed by atoms with van der Waals surface area (Å²) in [4.78, 5) is 21.3. The zero-order valence-electron chi connectivity index (χ0n) is 11.3. The van der Waals surface area contributed by atoms with Gasteiger partial charge in [0.15, 0.2) is 0 Å². The first-order valence-electron chi connectivity index (χ1n) is 6.53. The lowest BCUT2D eigenvalue weighted by Crippen LogP contribution is -2.28. The molecule has 22 heavy (non-hydrogen) atoms. The van der Waals surface area contributed by atoms with Gasteiger partial charge in [-0.05, 0) is 45.8 Å². The first kappa shape index (κ1) is 14.6. The van der Waals surface area contributed by atoms with Gasteiger partial charge in [-0.1, -0.05) is 17.3 Å². The summed E-state index contributed by atoms with van der Waals surface area (Å²) in [6.45, 7) is 0. The number of aromatic nitrogens is 1. The van der Waals surface area contributed by atoms with E-state index in [1.54, 1.807) is 30.5 Å². The van der Waals surface area contributed by atoms with E-state index in [0.717, 1.165) is 10.0 Å². The molecule has 0 fully saturated rings. The molecular weight excluding hydrogens is 353 g/mol. The standard InChI is InChI=1S/C15H11BrFN3O2/c16-10-3-6-14(18-8-10)19-15(21)13-7-12(20-22-13)9-1-4-11(17)5-2-9/h1-6,8,13H,7H2,(H,18,19,21). The van der Waals surface area contributed by atoms with Gasteiger partial charge >= 0.3 is 0 Å². The molecule has 1 amide bonds. The number of benzene rings is 1. The second kappa shape index (κ2) is 6.23. The van der Waals surface area contributed by atoms with Crippen molar-refractivity contribution in [1.82, 2.24) is 4.98 Å². The van der Waals surface area contributed by atoms with Crippen LogP contribution in [0.1, 0.15) is 12.0 Å². The Morgan fingerprint density at radius 1 is 1.27 bits per heavy atom. The van der Waals surface area contributed by atoms with Gasteiger partial charge in [-0.15, -0.1) is 0 Å². The largest absolute Gasteiger partial charge is 0.382 e. The first-order chi connectivity index (χ1) is 10.6. The fourth-order valence-electron chi connectivity index (χ4n) is 1.99. The summed E-state index contributed by atoms with van der Waals surface area (Å²) in [5.74, 6) is -0.207. The molecule has 2 aromatic rings. The molecular formula is C15H11BrFN3O2. The minimum atomic E-state index is -0.717. The molecule has 1 aromatic carbocycles. The Kier molecular flexibility index (Phi) is 4.15. The van der Waals surface area contributed by atoms with Crippen LogP contribution in [0.15, 0.2) is 52.2 Å². The van der Waals surface area contributed by atoms with Crippen molar-refractivity contribution in [3.8, 4) is 0 Å². The third kappa shape index (κ3) is 3.30. The molecule has 1 N–H and O–H groups in total. The third-order valence-corrected chi connectivity index (χ3v) is 3.59. The van der Waals surface area contributed by atoms with Crippen LogP contribution in [0, 0.1) is 5.82 Å². The smallest absolute Gasteiger partial charge is 0.269 e. The number of pyridine rings is 1. The molecule has 1 unspecified atom stereocenters.